The Labute approximate surface area is 96.6 Å². The molecule has 3 nitrogen and oxygen atoms in total. The highest BCUT2D eigenvalue weighted by Crippen LogP contribution is 2.35. The summed E-state index contributed by atoms with van der Waals surface area (Å²) < 4.78 is 23.8. The van der Waals surface area contributed by atoms with Crippen molar-refractivity contribution in [3.05, 3.63) is 29.8 Å². The van der Waals surface area contributed by atoms with Gasteiger partial charge >= 0.3 is 0 Å². The van der Waals surface area contributed by atoms with Crippen LogP contribution in [0.3, 0.4) is 0 Å². The van der Waals surface area contributed by atoms with Crippen molar-refractivity contribution in [3.8, 4) is 0 Å². The molecule has 0 radical (unpaired) electrons. The van der Waals surface area contributed by atoms with Gasteiger partial charge in [0.05, 0.1) is 10.6 Å². The minimum absolute atomic E-state index is 0.0525. The molecule has 4 heteroatoms. The SMILES string of the molecule is CCC(N)C1CCS(=O)(=O)c2ccccc21. The number of hydrogen-bond acceptors (Lipinski definition) is 3. The maximum Gasteiger partial charge on any atom is 0.178 e. The van der Waals surface area contributed by atoms with E-state index < -0.39 is 9.84 Å². The molecule has 1 heterocycles. The first-order chi connectivity index (χ1) is 7.56. The van der Waals surface area contributed by atoms with Gasteiger partial charge in [0.1, 0.15) is 0 Å². The van der Waals surface area contributed by atoms with E-state index in [1.807, 2.05) is 19.1 Å². The second-order valence-electron chi connectivity index (χ2n) is 4.32. The van der Waals surface area contributed by atoms with Crippen LogP contribution in [-0.2, 0) is 9.84 Å². The van der Waals surface area contributed by atoms with Crippen LogP contribution in [0.15, 0.2) is 29.2 Å². The second kappa shape index (κ2) is 4.18. The van der Waals surface area contributed by atoms with E-state index in [4.69, 9.17) is 5.73 Å². The summed E-state index contributed by atoms with van der Waals surface area (Å²) in [4.78, 5) is 0.482. The van der Waals surface area contributed by atoms with Crippen LogP contribution in [0.4, 0.5) is 0 Å². The van der Waals surface area contributed by atoms with Crippen molar-refractivity contribution in [2.24, 2.45) is 5.73 Å². The summed E-state index contributed by atoms with van der Waals surface area (Å²) in [6.45, 7) is 2.04. The Hall–Kier alpha value is -0.870. The Balaban J connectivity index is 2.51. The maximum atomic E-state index is 11.9. The lowest BCUT2D eigenvalue weighted by Gasteiger charge is -2.29. The Bertz CT molecular complexity index is 482. The van der Waals surface area contributed by atoms with Crippen molar-refractivity contribution in [1.29, 1.82) is 0 Å². The quantitative estimate of drug-likeness (QED) is 0.854. The highest BCUT2D eigenvalue weighted by molar-refractivity contribution is 7.91. The van der Waals surface area contributed by atoms with E-state index in [-0.39, 0.29) is 17.7 Å². The number of sulfone groups is 1. The van der Waals surface area contributed by atoms with Gasteiger partial charge in [-0.1, -0.05) is 25.1 Å². The van der Waals surface area contributed by atoms with E-state index in [0.717, 1.165) is 12.0 Å². The third-order valence-corrected chi connectivity index (χ3v) is 5.15. The van der Waals surface area contributed by atoms with Crippen LogP contribution in [-0.4, -0.2) is 20.2 Å². The lowest BCUT2D eigenvalue weighted by atomic mass is 9.88. The first-order valence-corrected chi connectivity index (χ1v) is 7.28. The lowest BCUT2D eigenvalue weighted by Crippen LogP contribution is -2.33. The molecule has 0 aliphatic carbocycles. The molecule has 16 heavy (non-hydrogen) atoms. The van der Waals surface area contributed by atoms with Crippen LogP contribution in [0, 0.1) is 0 Å². The molecule has 1 aliphatic rings. The molecule has 2 rings (SSSR count). The zero-order chi connectivity index (χ0) is 11.8. The van der Waals surface area contributed by atoms with Gasteiger partial charge < -0.3 is 5.73 Å². The minimum atomic E-state index is -3.07. The van der Waals surface area contributed by atoms with Crippen molar-refractivity contribution < 1.29 is 8.42 Å². The summed E-state index contributed by atoms with van der Waals surface area (Å²) >= 11 is 0. The van der Waals surface area contributed by atoms with Gasteiger partial charge in [0.2, 0.25) is 0 Å². The number of hydrogen-bond donors (Lipinski definition) is 1. The van der Waals surface area contributed by atoms with Gasteiger partial charge in [-0.05, 0) is 24.5 Å². The van der Waals surface area contributed by atoms with Gasteiger partial charge in [0.15, 0.2) is 9.84 Å². The van der Waals surface area contributed by atoms with Crippen molar-refractivity contribution in [2.75, 3.05) is 5.75 Å². The molecule has 1 aromatic carbocycles. The smallest absolute Gasteiger partial charge is 0.178 e. The zero-order valence-corrected chi connectivity index (χ0v) is 10.2. The van der Waals surface area contributed by atoms with Gasteiger partial charge in [-0.2, -0.15) is 0 Å². The lowest BCUT2D eigenvalue weighted by molar-refractivity contribution is 0.483. The highest BCUT2D eigenvalue weighted by atomic mass is 32.2. The summed E-state index contributed by atoms with van der Waals surface area (Å²) in [6, 6.07) is 7.30. The summed E-state index contributed by atoms with van der Waals surface area (Å²) in [5, 5.41) is 0. The number of fused-ring (bicyclic) bond motifs is 1. The van der Waals surface area contributed by atoms with Crippen molar-refractivity contribution in [1.82, 2.24) is 0 Å². The maximum absolute atomic E-state index is 11.9. The molecule has 0 spiro atoms. The van der Waals surface area contributed by atoms with E-state index in [9.17, 15) is 8.42 Å². The molecule has 1 aliphatic heterocycles. The molecular weight excluding hydrogens is 222 g/mol. The molecular formula is C12H17NO2S. The number of rotatable bonds is 2. The number of nitrogens with two attached hydrogens (primary N) is 1. The van der Waals surface area contributed by atoms with E-state index in [1.165, 1.54) is 0 Å². The number of benzene rings is 1. The van der Waals surface area contributed by atoms with Crippen LogP contribution in [0.1, 0.15) is 31.2 Å². The molecule has 0 bridgehead atoms. The molecule has 2 atom stereocenters. The Morgan fingerprint density at radius 2 is 2.12 bits per heavy atom. The summed E-state index contributed by atoms with van der Waals surface area (Å²) in [7, 11) is -3.07. The average Bonchev–Trinajstić information content (AvgIpc) is 2.28. The minimum Gasteiger partial charge on any atom is -0.327 e. The fourth-order valence-corrected chi connectivity index (χ4v) is 4.00. The molecule has 88 valence electrons. The van der Waals surface area contributed by atoms with E-state index in [1.54, 1.807) is 12.1 Å². The van der Waals surface area contributed by atoms with Gasteiger partial charge in [-0.25, -0.2) is 8.42 Å². The van der Waals surface area contributed by atoms with Crippen molar-refractivity contribution in [2.45, 2.75) is 36.6 Å². The second-order valence-corrected chi connectivity index (χ2v) is 6.40. The normalized spacial score (nSPS) is 24.8. The van der Waals surface area contributed by atoms with Gasteiger partial charge in [0, 0.05) is 12.0 Å². The topological polar surface area (TPSA) is 60.2 Å². The summed E-state index contributed by atoms with van der Waals surface area (Å²) in [5.74, 6) is 0.410. The largest absolute Gasteiger partial charge is 0.327 e. The summed E-state index contributed by atoms with van der Waals surface area (Å²) in [6.07, 6.45) is 1.52. The fraction of sp³-hybridized carbons (Fsp3) is 0.500. The van der Waals surface area contributed by atoms with Gasteiger partial charge in [-0.3, -0.25) is 0 Å². The monoisotopic (exact) mass is 239 g/mol. The van der Waals surface area contributed by atoms with Gasteiger partial charge in [-0.15, -0.1) is 0 Å². The molecule has 2 unspecified atom stereocenters. The van der Waals surface area contributed by atoms with Crippen molar-refractivity contribution >= 4 is 9.84 Å². The van der Waals surface area contributed by atoms with Crippen LogP contribution >= 0.6 is 0 Å². The molecule has 0 amide bonds. The average molecular weight is 239 g/mol. The third kappa shape index (κ3) is 1.87. The van der Waals surface area contributed by atoms with Crippen LogP contribution in [0.5, 0.6) is 0 Å². The molecule has 2 N–H and O–H groups in total. The van der Waals surface area contributed by atoms with E-state index in [2.05, 4.69) is 0 Å². The third-order valence-electron chi connectivity index (χ3n) is 3.34. The predicted molar refractivity (Wildman–Crippen MR) is 64.1 cm³/mol. The van der Waals surface area contributed by atoms with Crippen LogP contribution < -0.4 is 5.73 Å². The van der Waals surface area contributed by atoms with Gasteiger partial charge in [0.25, 0.3) is 0 Å². The Morgan fingerprint density at radius 3 is 2.81 bits per heavy atom. The standard InChI is InChI=1S/C12H17NO2S/c1-2-11(13)9-7-8-16(14,15)12-6-4-3-5-10(9)12/h3-6,9,11H,2,7-8,13H2,1H3. The van der Waals surface area contributed by atoms with Crippen LogP contribution in [0.2, 0.25) is 0 Å². The predicted octanol–water partition coefficient (Wildman–Crippen LogP) is 1.68. The molecule has 0 fully saturated rings. The first kappa shape index (κ1) is 11.6. The van der Waals surface area contributed by atoms with E-state index in [0.29, 0.717) is 11.3 Å². The molecule has 1 aromatic rings. The fourth-order valence-electron chi connectivity index (χ4n) is 2.35. The highest BCUT2D eigenvalue weighted by Gasteiger charge is 2.32. The Kier molecular flexibility index (Phi) is 3.04. The van der Waals surface area contributed by atoms with Crippen LogP contribution in [0.25, 0.3) is 0 Å². The zero-order valence-electron chi connectivity index (χ0n) is 9.39. The Morgan fingerprint density at radius 1 is 1.44 bits per heavy atom. The van der Waals surface area contributed by atoms with Crippen molar-refractivity contribution in [3.63, 3.8) is 0 Å². The molecule has 0 aromatic heterocycles. The molecule has 0 saturated heterocycles. The first-order valence-electron chi connectivity index (χ1n) is 5.63. The molecule has 0 saturated carbocycles. The van der Waals surface area contributed by atoms with E-state index >= 15 is 0 Å². The summed E-state index contributed by atoms with van der Waals surface area (Å²) in [5.41, 5.74) is 6.96.